The van der Waals surface area contributed by atoms with Crippen molar-refractivity contribution in [2.45, 2.75) is 45.2 Å². The predicted octanol–water partition coefficient (Wildman–Crippen LogP) is 2.07. The number of nitrogens with zero attached hydrogens (tertiary/aromatic N) is 1. The Morgan fingerprint density at radius 3 is 2.85 bits per heavy atom. The first-order chi connectivity index (χ1) is 12.8. The van der Waals surface area contributed by atoms with Gasteiger partial charge in [0.2, 0.25) is 5.91 Å². The van der Waals surface area contributed by atoms with E-state index in [4.69, 9.17) is 0 Å². The fourth-order valence-electron chi connectivity index (χ4n) is 3.24. The number of carbonyl (C=O) groups is 3. The van der Waals surface area contributed by atoms with Gasteiger partial charge in [-0.15, -0.1) is 0 Å². The topological polar surface area (TPSA) is 94.3 Å². The van der Waals surface area contributed by atoms with Crippen molar-refractivity contribution in [2.75, 3.05) is 6.54 Å². The minimum absolute atomic E-state index is 0.0314. The number of hydrogen-bond acceptors (Lipinski definition) is 3. The quantitative estimate of drug-likeness (QED) is 0.648. The number of aromatic amines is 1. The van der Waals surface area contributed by atoms with E-state index in [2.05, 4.69) is 15.6 Å². The van der Waals surface area contributed by atoms with Gasteiger partial charge in [0.05, 0.1) is 0 Å². The third-order valence-electron chi connectivity index (χ3n) is 4.55. The zero-order valence-electron chi connectivity index (χ0n) is 15.3. The van der Waals surface area contributed by atoms with Crippen molar-refractivity contribution < 1.29 is 18.8 Å². The van der Waals surface area contributed by atoms with E-state index in [1.54, 1.807) is 12.3 Å². The Balaban J connectivity index is 1.58. The van der Waals surface area contributed by atoms with Gasteiger partial charge in [0.1, 0.15) is 11.9 Å². The van der Waals surface area contributed by atoms with Crippen molar-refractivity contribution in [1.82, 2.24) is 20.5 Å². The molecule has 1 aliphatic heterocycles. The lowest BCUT2D eigenvalue weighted by Gasteiger charge is -2.13. The molecule has 1 aromatic heterocycles. The van der Waals surface area contributed by atoms with Crippen LogP contribution in [-0.2, 0) is 16.0 Å². The molecule has 27 heavy (non-hydrogen) atoms. The molecular weight excluding hydrogens is 351 g/mol. The first-order valence-corrected chi connectivity index (χ1v) is 9.02. The maximum absolute atomic E-state index is 13.5. The predicted molar refractivity (Wildman–Crippen MR) is 98.5 cm³/mol. The number of fused-ring (bicyclic) bond motifs is 1. The Morgan fingerprint density at radius 2 is 2.11 bits per heavy atom. The molecule has 1 aromatic carbocycles. The van der Waals surface area contributed by atoms with E-state index in [0.29, 0.717) is 6.42 Å². The number of H-pyrrole nitrogens is 1. The zero-order chi connectivity index (χ0) is 19.6. The molecule has 3 rings (SSSR count). The standard InChI is InChI=1S/C19H23FN4O3/c1-11(2)22-17(25)6-5-16-18(26)24(19(27)23-16)8-7-12-10-21-15-4-3-13(20)9-14(12)15/h3-4,9-11,16,21H,5-8H2,1-2H3,(H,22,25)(H,23,27). The third kappa shape index (κ3) is 4.27. The van der Waals surface area contributed by atoms with Crippen LogP contribution in [0.3, 0.4) is 0 Å². The fourth-order valence-corrected chi connectivity index (χ4v) is 3.24. The zero-order valence-corrected chi connectivity index (χ0v) is 15.3. The summed E-state index contributed by atoms with van der Waals surface area (Å²) in [6.45, 7) is 3.92. The van der Waals surface area contributed by atoms with Gasteiger partial charge in [-0.3, -0.25) is 14.5 Å². The van der Waals surface area contributed by atoms with Gasteiger partial charge in [0, 0.05) is 36.1 Å². The number of halogens is 1. The van der Waals surface area contributed by atoms with Crippen LogP contribution in [0.25, 0.3) is 10.9 Å². The highest BCUT2D eigenvalue weighted by molar-refractivity contribution is 6.04. The molecule has 1 aliphatic rings. The highest BCUT2D eigenvalue weighted by Crippen LogP contribution is 2.21. The number of imide groups is 1. The van der Waals surface area contributed by atoms with E-state index in [1.165, 1.54) is 12.1 Å². The van der Waals surface area contributed by atoms with Crippen LogP contribution in [0.4, 0.5) is 9.18 Å². The van der Waals surface area contributed by atoms with Crippen LogP contribution in [0, 0.1) is 5.82 Å². The molecule has 1 saturated heterocycles. The highest BCUT2D eigenvalue weighted by Gasteiger charge is 2.37. The minimum Gasteiger partial charge on any atom is -0.361 e. The van der Waals surface area contributed by atoms with Crippen molar-refractivity contribution >= 4 is 28.7 Å². The Bertz CT molecular complexity index is 877. The Labute approximate surface area is 156 Å². The molecule has 0 bridgehead atoms. The molecule has 8 heteroatoms. The number of carbonyl (C=O) groups excluding carboxylic acids is 3. The molecule has 4 amide bonds. The van der Waals surface area contributed by atoms with Gasteiger partial charge in [0.15, 0.2) is 0 Å². The van der Waals surface area contributed by atoms with Gasteiger partial charge in [-0.2, -0.15) is 0 Å². The lowest BCUT2D eigenvalue weighted by molar-refractivity contribution is -0.127. The smallest absolute Gasteiger partial charge is 0.324 e. The van der Waals surface area contributed by atoms with Gasteiger partial charge in [-0.25, -0.2) is 9.18 Å². The maximum Gasteiger partial charge on any atom is 0.324 e. The average molecular weight is 374 g/mol. The summed E-state index contributed by atoms with van der Waals surface area (Å²) >= 11 is 0. The van der Waals surface area contributed by atoms with Crippen molar-refractivity contribution in [1.29, 1.82) is 0 Å². The number of aromatic nitrogens is 1. The maximum atomic E-state index is 13.5. The number of nitrogens with one attached hydrogen (secondary N) is 3. The molecule has 0 radical (unpaired) electrons. The van der Waals surface area contributed by atoms with Gasteiger partial charge >= 0.3 is 6.03 Å². The van der Waals surface area contributed by atoms with E-state index < -0.39 is 12.1 Å². The van der Waals surface area contributed by atoms with E-state index in [1.807, 2.05) is 13.8 Å². The Hall–Kier alpha value is -2.90. The van der Waals surface area contributed by atoms with Gasteiger partial charge < -0.3 is 15.6 Å². The molecule has 144 valence electrons. The van der Waals surface area contributed by atoms with Crippen molar-refractivity contribution in [2.24, 2.45) is 0 Å². The van der Waals surface area contributed by atoms with Crippen LogP contribution in [0.2, 0.25) is 0 Å². The first kappa shape index (κ1) is 18.9. The number of amides is 4. The molecule has 2 aromatic rings. The van der Waals surface area contributed by atoms with E-state index in [-0.39, 0.29) is 43.1 Å². The summed E-state index contributed by atoms with van der Waals surface area (Å²) in [4.78, 5) is 40.5. The SMILES string of the molecule is CC(C)NC(=O)CCC1NC(=O)N(CCc2c[nH]c3ccc(F)cc23)C1=O. The van der Waals surface area contributed by atoms with Crippen LogP contribution in [-0.4, -0.2) is 46.4 Å². The molecule has 0 saturated carbocycles. The molecule has 2 heterocycles. The summed E-state index contributed by atoms with van der Waals surface area (Å²) < 4.78 is 13.5. The second-order valence-corrected chi connectivity index (χ2v) is 7.01. The summed E-state index contributed by atoms with van der Waals surface area (Å²) in [5.41, 5.74) is 1.64. The second kappa shape index (κ2) is 7.77. The summed E-state index contributed by atoms with van der Waals surface area (Å²) in [6, 6.07) is 3.35. The largest absolute Gasteiger partial charge is 0.361 e. The van der Waals surface area contributed by atoms with E-state index in [9.17, 15) is 18.8 Å². The number of urea groups is 1. The summed E-state index contributed by atoms with van der Waals surface area (Å²) in [6.07, 6.45) is 2.61. The van der Waals surface area contributed by atoms with Gasteiger partial charge in [0.25, 0.3) is 5.91 Å². The van der Waals surface area contributed by atoms with Gasteiger partial charge in [-0.05, 0) is 50.5 Å². The van der Waals surface area contributed by atoms with Gasteiger partial charge in [-0.1, -0.05) is 0 Å². The lowest BCUT2D eigenvalue weighted by Crippen LogP contribution is -2.35. The first-order valence-electron chi connectivity index (χ1n) is 9.02. The molecule has 7 nitrogen and oxygen atoms in total. The normalized spacial score (nSPS) is 17.0. The molecule has 0 spiro atoms. The van der Waals surface area contributed by atoms with E-state index >= 15 is 0 Å². The Morgan fingerprint density at radius 1 is 1.33 bits per heavy atom. The van der Waals surface area contributed by atoms with Crippen molar-refractivity contribution in [3.63, 3.8) is 0 Å². The molecule has 1 fully saturated rings. The average Bonchev–Trinajstić information content (AvgIpc) is 3.11. The van der Waals surface area contributed by atoms with Crippen LogP contribution < -0.4 is 10.6 Å². The number of rotatable bonds is 7. The number of benzene rings is 1. The molecule has 1 atom stereocenters. The van der Waals surface area contributed by atoms with Crippen molar-refractivity contribution in [3.05, 3.63) is 35.8 Å². The van der Waals surface area contributed by atoms with Crippen LogP contribution in [0.15, 0.2) is 24.4 Å². The lowest BCUT2D eigenvalue weighted by atomic mass is 10.1. The number of hydrogen-bond donors (Lipinski definition) is 3. The van der Waals surface area contributed by atoms with Crippen LogP contribution in [0.1, 0.15) is 32.3 Å². The fraction of sp³-hybridized carbons (Fsp3) is 0.421. The highest BCUT2D eigenvalue weighted by atomic mass is 19.1. The van der Waals surface area contributed by atoms with Crippen LogP contribution in [0.5, 0.6) is 0 Å². The monoisotopic (exact) mass is 374 g/mol. The van der Waals surface area contributed by atoms with Crippen molar-refractivity contribution in [3.8, 4) is 0 Å². The molecule has 0 aliphatic carbocycles. The summed E-state index contributed by atoms with van der Waals surface area (Å²) in [5.74, 6) is -0.812. The summed E-state index contributed by atoms with van der Waals surface area (Å²) in [7, 11) is 0. The molecule has 1 unspecified atom stereocenters. The van der Waals surface area contributed by atoms with Crippen LogP contribution >= 0.6 is 0 Å². The molecule has 3 N–H and O–H groups in total. The van der Waals surface area contributed by atoms with E-state index in [0.717, 1.165) is 21.4 Å². The second-order valence-electron chi connectivity index (χ2n) is 7.01. The molecular formula is C19H23FN4O3. The summed E-state index contributed by atoms with van der Waals surface area (Å²) in [5, 5.41) is 6.13. The third-order valence-corrected chi connectivity index (χ3v) is 4.55. The Kier molecular flexibility index (Phi) is 5.43. The minimum atomic E-state index is -0.684.